The number of nitrogens with one attached hydrogen (secondary N) is 1. The van der Waals surface area contributed by atoms with Gasteiger partial charge >= 0.3 is 6.61 Å². The van der Waals surface area contributed by atoms with E-state index in [2.05, 4.69) is 10.1 Å². The zero-order chi connectivity index (χ0) is 15.2. The summed E-state index contributed by atoms with van der Waals surface area (Å²) in [5, 5.41) is 3.11. The summed E-state index contributed by atoms with van der Waals surface area (Å²) in [5.74, 6) is 0.235. The fourth-order valence-corrected chi connectivity index (χ4v) is 1.87. The largest absolute Gasteiger partial charge is 0.493 e. The van der Waals surface area contributed by atoms with E-state index >= 15 is 0 Å². The third-order valence-electron chi connectivity index (χ3n) is 2.92. The molecule has 21 heavy (non-hydrogen) atoms. The first-order valence-electron chi connectivity index (χ1n) is 6.30. The van der Waals surface area contributed by atoms with E-state index in [-0.39, 0.29) is 11.5 Å². The summed E-state index contributed by atoms with van der Waals surface area (Å²) >= 11 is 0. The van der Waals surface area contributed by atoms with E-state index in [1.54, 1.807) is 18.2 Å². The van der Waals surface area contributed by atoms with Crippen molar-refractivity contribution in [2.75, 3.05) is 18.2 Å². The molecular formula is C15H16F2N2O2. The summed E-state index contributed by atoms with van der Waals surface area (Å²) in [6.45, 7) is -2.42. The van der Waals surface area contributed by atoms with E-state index < -0.39 is 6.61 Å². The average Bonchev–Trinajstić information content (AvgIpc) is 2.46. The van der Waals surface area contributed by atoms with Gasteiger partial charge in [0.15, 0.2) is 11.5 Å². The van der Waals surface area contributed by atoms with Gasteiger partial charge in [0.1, 0.15) is 0 Å². The molecule has 0 aliphatic carbocycles. The first-order chi connectivity index (χ1) is 10.1. The predicted octanol–water partition coefficient (Wildman–Crippen LogP) is 3.49. The van der Waals surface area contributed by atoms with Crippen molar-refractivity contribution >= 4 is 11.4 Å². The normalized spacial score (nSPS) is 10.5. The molecular weight excluding hydrogens is 278 g/mol. The lowest BCUT2D eigenvalue weighted by Gasteiger charge is -2.13. The highest BCUT2D eigenvalue weighted by molar-refractivity contribution is 5.56. The van der Waals surface area contributed by atoms with Crippen LogP contribution in [0, 0.1) is 0 Å². The van der Waals surface area contributed by atoms with Gasteiger partial charge in [0.05, 0.1) is 7.11 Å². The van der Waals surface area contributed by atoms with Gasteiger partial charge < -0.3 is 20.5 Å². The minimum Gasteiger partial charge on any atom is -0.493 e. The zero-order valence-corrected chi connectivity index (χ0v) is 11.5. The fraction of sp³-hybridized carbons (Fsp3) is 0.200. The lowest BCUT2D eigenvalue weighted by molar-refractivity contribution is -0.0511. The Morgan fingerprint density at radius 3 is 2.57 bits per heavy atom. The summed E-state index contributed by atoms with van der Waals surface area (Å²) in [7, 11) is 1.39. The van der Waals surface area contributed by atoms with Gasteiger partial charge in [0, 0.05) is 24.0 Å². The molecule has 0 saturated carbocycles. The van der Waals surface area contributed by atoms with E-state index in [0.717, 1.165) is 5.56 Å². The Labute approximate surface area is 121 Å². The number of ether oxygens (including phenoxy) is 2. The number of methoxy groups -OCH3 is 1. The Bertz CT molecular complexity index is 606. The van der Waals surface area contributed by atoms with E-state index in [1.807, 2.05) is 18.2 Å². The van der Waals surface area contributed by atoms with E-state index in [1.165, 1.54) is 13.2 Å². The van der Waals surface area contributed by atoms with Crippen LogP contribution < -0.4 is 20.5 Å². The second-order valence-electron chi connectivity index (χ2n) is 4.30. The maximum absolute atomic E-state index is 12.4. The van der Waals surface area contributed by atoms with Gasteiger partial charge in [-0.05, 0) is 23.8 Å². The van der Waals surface area contributed by atoms with Gasteiger partial charge in [-0.15, -0.1) is 0 Å². The minimum absolute atomic E-state index is 0.0152. The smallest absolute Gasteiger partial charge is 0.387 e. The number of benzene rings is 2. The third kappa shape index (κ3) is 3.98. The molecule has 0 bridgehead atoms. The van der Waals surface area contributed by atoms with Gasteiger partial charge in [0.2, 0.25) is 0 Å². The van der Waals surface area contributed by atoms with E-state index in [0.29, 0.717) is 17.9 Å². The maximum Gasteiger partial charge on any atom is 0.387 e. The Morgan fingerprint density at radius 2 is 1.90 bits per heavy atom. The van der Waals surface area contributed by atoms with Crippen molar-refractivity contribution in [2.24, 2.45) is 0 Å². The number of nitrogens with two attached hydrogens (primary N) is 1. The van der Waals surface area contributed by atoms with Crippen LogP contribution in [0.1, 0.15) is 5.56 Å². The van der Waals surface area contributed by atoms with Crippen molar-refractivity contribution in [3.63, 3.8) is 0 Å². The average molecular weight is 294 g/mol. The number of rotatable bonds is 6. The molecule has 0 aliphatic heterocycles. The zero-order valence-electron chi connectivity index (χ0n) is 11.5. The van der Waals surface area contributed by atoms with Crippen molar-refractivity contribution in [3.8, 4) is 11.5 Å². The summed E-state index contributed by atoms with van der Waals surface area (Å²) in [6.07, 6.45) is 0. The van der Waals surface area contributed by atoms with Crippen LogP contribution in [0.2, 0.25) is 0 Å². The maximum atomic E-state index is 12.4. The quantitative estimate of drug-likeness (QED) is 0.801. The number of hydrogen-bond donors (Lipinski definition) is 2. The number of para-hydroxylation sites is 1. The van der Waals surface area contributed by atoms with Crippen LogP contribution in [0.25, 0.3) is 0 Å². The molecule has 0 fully saturated rings. The lowest BCUT2D eigenvalue weighted by Crippen LogP contribution is -2.06. The number of halogens is 2. The molecule has 4 nitrogen and oxygen atoms in total. The summed E-state index contributed by atoms with van der Waals surface area (Å²) in [5.41, 5.74) is 8.07. The topological polar surface area (TPSA) is 56.5 Å². The van der Waals surface area contributed by atoms with Crippen LogP contribution in [0.5, 0.6) is 11.5 Å². The minimum atomic E-state index is -2.90. The molecule has 0 aromatic heterocycles. The van der Waals surface area contributed by atoms with Crippen LogP contribution >= 0.6 is 0 Å². The molecule has 0 radical (unpaired) electrons. The van der Waals surface area contributed by atoms with Crippen LogP contribution in [-0.4, -0.2) is 13.7 Å². The summed E-state index contributed by atoms with van der Waals surface area (Å²) < 4.78 is 34.1. The van der Waals surface area contributed by atoms with E-state index in [9.17, 15) is 8.78 Å². The van der Waals surface area contributed by atoms with Crippen LogP contribution in [0.3, 0.4) is 0 Å². The standard InChI is InChI=1S/C15H16F2N2O2/c1-20-13-7-6-11(8-14(13)21-15(16)17)19-9-10-4-2-3-5-12(10)18/h2-8,15,19H,9,18H2,1H3. The number of nitrogen functional groups attached to an aromatic ring is 1. The Hall–Kier alpha value is -2.50. The molecule has 6 heteroatoms. The second kappa shape index (κ2) is 6.78. The number of anilines is 2. The highest BCUT2D eigenvalue weighted by atomic mass is 19.3. The lowest BCUT2D eigenvalue weighted by atomic mass is 10.2. The van der Waals surface area contributed by atoms with Crippen molar-refractivity contribution in [1.82, 2.24) is 0 Å². The predicted molar refractivity (Wildman–Crippen MR) is 77.8 cm³/mol. The fourth-order valence-electron chi connectivity index (χ4n) is 1.87. The molecule has 2 aromatic rings. The van der Waals surface area contributed by atoms with Crippen molar-refractivity contribution in [2.45, 2.75) is 13.2 Å². The van der Waals surface area contributed by atoms with Crippen molar-refractivity contribution < 1.29 is 18.3 Å². The Morgan fingerprint density at radius 1 is 1.14 bits per heavy atom. The summed E-state index contributed by atoms with van der Waals surface area (Å²) in [4.78, 5) is 0. The van der Waals surface area contributed by atoms with Gasteiger partial charge in [-0.25, -0.2) is 0 Å². The second-order valence-corrected chi connectivity index (χ2v) is 4.30. The molecule has 0 amide bonds. The van der Waals surface area contributed by atoms with Crippen LogP contribution in [0.15, 0.2) is 42.5 Å². The highest BCUT2D eigenvalue weighted by Gasteiger charge is 2.11. The molecule has 0 heterocycles. The van der Waals surface area contributed by atoms with E-state index in [4.69, 9.17) is 10.5 Å². The third-order valence-corrected chi connectivity index (χ3v) is 2.92. The van der Waals surface area contributed by atoms with Crippen molar-refractivity contribution in [3.05, 3.63) is 48.0 Å². The Kier molecular flexibility index (Phi) is 4.81. The van der Waals surface area contributed by atoms with Crippen LogP contribution in [0.4, 0.5) is 20.2 Å². The van der Waals surface area contributed by atoms with Crippen LogP contribution in [-0.2, 0) is 6.54 Å². The monoisotopic (exact) mass is 294 g/mol. The summed E-state index contributed by atoms with van der Waals surface area (Å²) in [6, 6.07) is 12.2. The van der Waals surface area contributed by atoms with Gasteiger partial charge in [-0.1, -0.05) is 18.2 Å². The SMILES string of the molecule is COc1ccc(NCc2ccccc2N)cc1OC(F)F. The number of alkyl halides is 2. The molecule has 2 rings (SSSR count). The van der Waals surface area contributed by atoms with Gasteiger partial charge in [-0.2, -0.15) is 8.78 Å². The number of hydrogen-bond acceptors (Lipinski definition) is 4. The first kappa shape index (κ1) is 14.9. The molecule has 0 unspecified atom stereocenters. The Balaban J connectivity index is 2.12. The van der Waals surface area contributed by atoms with Gasteiger partial charge in [-0.3, -0.25) is 0 Å². The molecule has 3 N–H and O–H groups in total. The van der Waals surface area contributed by atoms with Gasteiger partial charge in [0.25, 0.3) is 0 Å². The molecule has 0 atom stereocenters. The molecule has 2 aromatic carbocycles. The molecule has 0 aliphatic rings. The molecule has 112 valence electrons. The molecule has 0 saturated heterocycles. The molecule has 0 spiro atoms. The first-order valence-corrected chi connectivity index (χ1v) is 6.30. The highest BCUT2D eigenvalue weighted by Crippen LogP contribution is 2.31. The van der Waals surface area contributed by atoms with Crippen molar-refractivity contribution in [1.29, 1.82) is 0 Å².